The van der Waals surface area contributed by atoms with Crippen LogP contribution in [0.25, 0.3) is 5.65 Å². The van der Waals surface area contributed by atoms with Gasteiger partial charge in [-0.05, 0) is 56.2 Å². The molecule has 6 rings (SSSR count). The highest BCUT2D eigenvalue weighted by molar-refractivity contribution is 5.92. The molecule has 0 atom stereocenters. The van der Waals surface area contributed by atoms with Crippen LogP contribution in [0.2, 0.25) is 0 Å². The van der Waals surface area contributed by atoms with Crippen molar-refractivity contribution in [1.29, 1.82) is 0 Å². The number of hydrogen-bond acceptors (Lipinski definition) is 9. The number of likely N-dealkylation sites (N-methyl/N-ethyl adjacent to an activating group) is 1. The van der Waals surface area contributed by atoms with Gasteiger partial charge < -0.3 is 29.0 Å². The van der Waals surface area contributed by atoms with Crippen LogP contribution in [0.3, 0.4) is 0 Å². The Morgan fingerprint density at radius 1 is 1.07 bits per heavy atom. The molecule has 4 aromatic heterocycles. The van der Waals surface area contributed by atoms with E-state index in [1.54, 1.807) is 26.2 Å². The Morgan fingerprint density at radius 3 is 2.48 bits per heavy atom. The Labute approximate surface area is 255 Å². The zero-order valence-corrected chi connectivity index (χ0v) is 25.3. The number of hydrogen-bond donors (Lipinski definition) is 1. The fourth-order valence-corrected chi connectivity index (χ4v) is 4.50. The number of ether oxygens (including phenoxy) is 2. The van der Waals surface area contributed by atoms with Gasteiger partial charge in [-0.3, -0.25) is 14.4 Å². The molecule has 13 nitrogen and oxygen atoms in total. The third-order valence-corrected chi connectivity index (χ3v) is 7.23. The van der Waals surface area contributed by atoms with Crippen molar-refractivity contribution < 1.29 is 23.9 Å². The molecule has 2 aliphatic carbocycles. The molecule has 44 heavy (non-hydrogen) atoms. The van der Waals surface area contributed by atoms with Gasteiger partial charge in [-0.25, -0.2) is 15.0 Å². The van der Waals surface area contributed by atoms with Gasteiger partial charge in [0.25, 0.3) is 0 Å². The second kappa shape index (κ2) is 13.5. The number of aromatic nitrogens is 5. The van der Waals surface area contributed by atoms with Crippen molar-refractivity contribution in [2.75, 3.05) is 38.0 Å². The van der Waals surface area contributed by atoms with E-state index < -0.39 is 0 Å². The molecule has 4 aromatic rings. The van der Waals surface area contributed by atoms with E-state index in [1.165, 1.54) is 29.8 Å². The van der Waals surface area contributed by atoms with Crippen LogP contribution in [0.4, 0.5) is 11.5 Å². The van der Waals surface area contributed by atoms with Crippen LogP contribution in [-0.2, 0) is 21.0 Å². The van der Waals surface area contributed by atoms with E-state index in [0.29, 0.717) is 53.3 Å². The maximum absolute atomic E-state index is 12.3. The van der Waals surface area contributed by atoms with Crippen LogP contribution in [0, 0.1) is 6.92 Å². The maximum atomic E-state index is 12.3. The van der Waals surface area contributed by atoms with Crippen LogP contribution in [-0.4, -0.2) is 75.7 Å². The first-order chi connectivity index (χ1) is 21.3. The van der Waals surface area contributed by atoms with E-state index in [-0.39, 0.29) is 24.9 Å². The molecule has 230 valence electrons. The largest absolute Gasteiger partial charge is 0.496 e. The number of carbonyl (C=O) groups excluding carboxylic acids is 3. The second-order valence-electron chi connectivity index (χ2n) is 11.0. The van der Waals surface area contributed by atoms with Gasteiger partial charge in [-0.2, -0.15) is 4.98 Å². The Balaban J connectivity index is 0.000000322. The van der Waals surface area contributed by atoms with Gasteiger partial charge in [0.15, 0.2) is 5.65 Å². The summed E-state index contributed by atoms with van der Waals surface area (Å²) in [7, 11) is 4.80. The summed E-state index contributed by atoms with van der Waals surface area (Å²) < 4.78 is 12.9. The number of methoxy groups -OCH3 is 1. The predicted molar refractivity (Wildman–Crippen MR) is 163 cm³/mol. The van der Waals surface area contributed by atoms with Crippen molar-refractivity contribution in [3.8, 4) is 11.6 Å². The van der Waals surface area contributed by atoms with E-state index in [9.17, 15) is 14.4 Å². The Bertz CT molecular complexity index is 1650. The standard InChI is InChI=1S/C23H26N6O5.C8H10N2/c1-27(2)22(32)11-29(14-31)19-6-16(15-4-5-15)9-28-10-17(25-23(19)28)12-34-21-8-18(33-3)7-20(26-21)24-13-30;1-6-4-5-9-8(10-6)7-2-3-7/h6-10,13-15H,4-5,11-12H2,1-3H3,(H,24,26,30);4-5,7H,2-3H2,1H3. The normalized spacial score (nSPS) is 13.8. The molecular weight excluding hydrogens is 564 g/mol. The van der Waals surface area contributed by atoms with Gasteiger partial charge in [0.1, 0.15) is 30.5 Å². The number of carbonyl (C=O) groups is 3. The molecule has 0 radical (unpaired) electrons. The number of nitrogens with zero attached hydrogens (tertiary/aromatic N) is 7. The second-order valence-corrected chi connectivity index (χ2v) is 11.0. The summed E-state index contributed by atoms with van der Waals surface area (Å²) in [5, 5.41) is 2.47. The van der Waals surface area contributed by atoms with E-state index in [2.05, 4.69) is 25.3 Å². The molecule has 0 aliphatic heterocycles. The van der Waals surface area contributed by atoms with Gasteiger partial charge in [0.2, 0.25) is 24.6 Å². The minimum atomic E-state index is -0.193. The summed E-state index contributed by atoms with van der Waals surface area (Å²) in [4.78, 5) is 55.2. The lowest BCUT2D eigenvalue weighted by Gasteiger charge is -2.20. The molecule has 0 saturated heterocycles. The van der Waals surface area contributed by atoms with Crippen LogP contribution in [0.1, 0.15) is 60.3 Å². The number of imidazole rings is 1. The summed E-state index contributed by atoms with van der Waals surface area (Å²) in [6, 6.07) is 7.04. The predicted octanol–water partition coefficient (Wildman–Crippen LogP) is 3.48. The Hall–Kier alpha value is -5.07. The average Bonchev–Trinajstić information content (AvgIpc) is 3.95. The fourth-order valence-electron chi connectivity index (χ4n) is 4.50. The van der Waals surface area contributed by atoms with Gasteiger partial charge in [-0.1, -0.05) is 0 Å². The number of fused-ring (bicyclic) bond motifs is 1. The van der Waals surface area contributed by atoms with Crippen LogP contribution >= 0.6 is 0 Å². The number of amides is 3. The molecule has 3 amide bonds. The lowest BCUT2D eigenvalue weighted by molar-refractivity contribution is -0.128. The van der Waals surface area contributed by atoms with Gasteiger partial charge >= 0.3 is 0 Å². The van der Waals surface area contributed by atoms with Crippen LogP contribution in [0.15, 0.2) is 42.9 Å². The van der Waals surface area contributed by atoms with Crippen molar-refractivity contribution in [2.24, 2.45) is 0 Å². The third-order valence-electron chi connectivity index (χ3n) is 7.23. The smallest absolute Gasteiger partial charge is 0.242 e. The lowest BCUT2D eigenvalue weighted by atomic mass is 10.1. The monoisotopic (exact) mass is 600 g/mol. The summed E-state index contributed by atoms with van der Waals surface area (Å²) >= 11 is 0. The third kappa shape index (κ3) is 7.65. The highest BCUT2D eigenvalue weighted by atomic mass is 16.5. The average molecular weight is 601 g/mol. The summed E-state index contributed by atoms with van der Waals surface area (Å²) in [6.07, 6.45) is 11.6. The molecule has 2 saturated carbocycles. The first-order valence-electron chi connectivity index (χ1n) is 14.4. The van der Waals surface area contributed by atoms with E-state index in [1.807, 2.05) is 42.0 Å². The molecule has 1 N–H and O–H groups in total. The molecule has 0 spiro atoms. The molecule has 4 heterocycles. The van der Waals surface area contributed by atoms with E-state index >= 15 is 0 Å². The van der Waals surface area contributed by atoms with Crippen LogP contribution in [0.5, 0.6) is 11.6 Å². The molecule has 0 aromatic carbocycles. The van der Waals surface area contributed by atoms with Gasteiger partial charge in [-0.15, -0.1) is 0 Å². The molecule has 2 aliphatic rings. The summed E-state index contributed by atoms with van der Waals surface area (Å²) in [5.41, 5.74) is 3.89. The Kier molecular flexibility index (Phi) is 9.32. The SMILES string of the molecule is COc1cc(NC=O)nc(OCc2cn3cc(C4CC4)cc(N(C=O)CC(=O)N(C)C)c3n2)c1.Cc1ccnc(C2CC2)n1. The molecule has 0 bridgehead atoms. The van der Waals surface area contributed by atoms with Crippen molar-refractivity contribution in [3.05, 3.63) is 65.6 Å². The molecule has 2 fully saturated rings. The first-order valence-corrected chi connectivity index (χ1v) is 14.4. The fraction of sp³-hybridized carbons (Fsp3) is 0.387. The maximum Gasteiger partial charge on any atom is 0.242 e. The van der Waals surface area contributed by atoms with Crippen LogP contribution < -0.4 is 19.7 Å². The minimum absolute atomic E-state index is 0.0841. The number of nitrogens with one attached hydrogen (secondary N) is 1. The van der Waals surface area contributed by atoms with E-state index in [4.69, 9.17) is 9.47 Å². The van der Waals surface area contributed by atoms with E-state index in [0.717, 1.165) is 29.9 Å². The van der Waals surface area contributed by atoms with Gasteiger partial charge in [0.05, 0.1) is 18.5 Å². The number of aryl methyl sites for hydroxylation is 1. The van der Waals surface area contributed by atoms with Crippen molar-refractivity contribution in [3.63, 3.8) is 0 Å². The molecule has 13 heteroatoms. The number of pyridine rings is 2. The lowest BCUT2D eigenvalue weighted by Crippen LogP contribution is -2.36. The Morgan fingerprint density at radius 2 is 1.84 bits per heavy atom. The summed E-state index contributed by atoms with van der Waals surface area (Å²) in [6.45, 7) is 2.02. The molecule has 0 unspecified atom stereocenters. The highest BCUT2D eigenvalue weighted by Crippen LogP contribution is 2.42. The quantitative estimate of drug-likeness (QED) is 0.242. The zero-order valence-electron chi connectivity index (χ0n) is 25.3. The zero-order chi connectivity index (χ0) is 31.2. The minimum Gasteiger partial charge on any atom is -0.496 e. The van der Waals surface area contributed by atoms with Crippen molar-refractivity contribution >= 4 is 35.9 Å². The van der Waals surface area contributed by atoms with Gasteiger partial charge in [0, 0.05) is 56.4 Å². The number of anilines is 2. The van der Waals surface area contributed by atoms with Crippen molar-refractivity contribution in [1.82, 2.24) is 29.2 Å². The highest BCUT2D eigenvalue weighted by Gasteiger charge is 2.27. The summed E-state index contributed by atoms with van der Waals surface area (Å²) in [5.74, 6) is 3.00. The number of rotatable bonds is 12. The van der Waals surface area contributed by atoms with Crippen molar-refractivity contribution in [2.45, 2.75) is 51.0 Å². The first kappa shape index (κ1) is 30.4. The molecular formula is C31H36N8O5. The topological polar surface area (TPSA) is 144 Å².